The number of carbonyl (C=O) groups excluding carboxylic acids is 2. The lowest BCUT2D eigenvalue weighted by atomic mass is 9.96. The number of ether oxygens (including phenoxy) is 1. The molecule has 0 aliphatic rings. The summed E-state index contributed by atoms with van der Waals surface area (Å²) in [4.78, 5) is 29.0. The number of rotatable bonds is 5. The average Bonchev–Trinajstić information content (AvgIpc) is 2.80. The topological polar surface area (TPSA) is 55.7 Å². The smallest absolute Gasteiger partial charge is 0.345 e. The van der Waals surface area contributed by atoms with E-state index in [1.165, 1.54) is 0 Å². The van der Waals surface area contributed by atoms with Crippen molar-refractivity contribution in [2.24, 2.45) is 4.99 Å². The van der Waals surface area contributed by atoms with Crippen molar-refractivity contribution < 1.29 is 14.3 Å². The first-order valence-corrected chi connectivity index (χ1v) is 9.60. The minimum absolute atomic E-state index is 0.258. The van der Waals surface area contributed by atoms with Crippen molar-refractivity contribution in [3.05, 3.63) is 120 Å². The molecule has 0 amide bonds. The highest BCUT2D eigenvalue weighted by Crippen LogP contribution is 2.22. The summed E-state index contributed by atoms with van der Waals surface area (Å²) in [6.45, 7) is -0.258. The van der Waals surface area contributed by atoms with Crippen LogP contribution in [0, 0.1) is 0 Å². The Kier molecular flexibility index (Phi) is 5.76. The maximum absolute atomic E-state index is 12.3. The van der Waals surface area contributed by atoms with E-state index in [0.717, 1.165) is 21.9 Å². The second-order valence-electron chi connectivity index (χ2n) is 6.69. The summed E-state index contributed by atoms with van der Waals surface area (Å²) >= 11 is 0. The van der Waals surface area contributed by atoms with Crippen LogP contribution in [0.2, 0.25) is 0 Å². The number of carbonyl (C=O) groups is 2. The Bertz CT molecular complexity index is 1210. The van der Waals surface area contributed by atoms with E-state index in [2.05, 4.69) is 4.99 Å². The molecule has 4 nitrogen and oxygen atoms in total. The Morgan fingerprint density at radius 1 is 0.667 bits per heavy atom. The maximum Gasteiger partial charge on any atom is 0.345 e. The lowest BCUT2D eigenvalue weighted by Crippen LogP contribution is -2.16. The van der Waals surface area contributed by atoms with Gasteiger partial charge in [0.15, 0.2) is 0 Å². The fourth-order valence-electron chi connectivity index (χ4n) is 3.27. The molecule has 0 N–H and O–H groups in total. The van der Waals surface area contributed by atoms with Crippen molar-refractivity contribution in [3.63, 3.8) is 0 Å². The number of benzene rings is 4. The van der Waals surface area contributed by atoms with Gasteiger partial charge < -0.3 is 4.74 Å². The third-order valence-corrected chi connectivity index (χ3v) is 4.67. The molecule has 0 radical (unpaired) electrons. The maximum atomic E-state index is 12.3. The van der Waals surface area contributed by atoms with Crippen molar-refractivity contribution in [1.29, 1.82) is 0 Å². The largest absolute Gasteiger partial charge is 0.388 e. The molecule has 0 saturated heterocycles. The van der Waals surface area contributed by atoms with Gasteiger partial charge in [0.25, 0.3) is 0 Å². The number of fused-ring (bicyclic) bond motifs is 1. The van der Waals surface area contributed by atoms with Crippen LogP contribution < -0.4 is 0 Å². The molecule has 146 valence electrons. The van der Waals surface area contributed by atoms with Gasteiger partial charge in [0.1, 0.15) is 6.54 Å². The molecule has 0 bridgehead atoms. The van der Waals surface area contributed by atoms with Crippen molar-refractivity contribution in [2.75, 3.05) is 6.54 Å². The number of hydrogen-bond acceptors (Lipinski definition) is 4. The third-order valence-electron chi connectivity index (χ3n) is 4.67. The fraction of sp³-hybridized carbons (Fsp3) is 0.0385. The minimum Gasteiger partial charge on any atom is -0.388 e. The molecule has 4 aromatic rings. The normalized spacial score (nSPS) is 11.3. The van der Waals surface area contributed by atoms with Gasteiger partial charge in [-0.2, -0.15) is 0 Å². The first-order valence-electron chi connectivity index (χ1n) is 9.60. The molecule has 0 aliphatic carbocycles. The van der Waals surface area contributed by atoms with Gasteiger partial charge in [-0.1, -0.05) is 91.0 Å². The SMILES string of the molecule is O=C(CN=C(c1ccccc1)c1cccc2ccccc12)OC(=O)c1ccccc1. The van der Waals surface area contributed by atoms with Gasteiger partial charge in [-0.3, -0.25) is 4.99 Å². The van der Waals surface area contributed by atoms with Crippen LogP contribution >= 0.6 is 0 Å². The van der Waals surface area contributed by atoms with Crippen LogP contribution in [0.5, 0.6) is 0 Å². The Morgan fingerprint density at radius 3 is 2.00 bits per heavy atom. The molecule has 4 aromatic carbocycles. The summed E-state index contributed by atoms with van der Waals surface area (Å²) < 4.78 is 4.96. The van der Waals surface area contributed by atoms with Crippen LogP contribution in [0.25, 0.3) is 10.8 Å². The Hall–Kier alpha value is -4.05. The van der Waals surface area contributed by atoms with Crippen molar-refractivity contribution >= 4 is 28.4 Å². The van der Waals surface area contributed by atoms with E-state index in [1.54, 1.807) is 30.3 Å². The lowest BCUT2D eigenvalue weighted by Gasteiger charge is -2.11. The Balaban J connectivity index is 1.64. The molecule has 0 atom stereocenters. The van der Waals surface area contributed by atoms with E-state index in [1.807, 2.05) is 72.8 Å². The monoisotopic (exact) mass is 393 g/mol. The average molecular weight is 393 g/mol. The quantitative estimate of drug-likeness (QED) is 0.270. The van der Waals surface area contributed by atoms with Crippen LogP contribution in [-0.4, -0.2) is 24.2 Å². The molecule has 4 heteroatoms. The van der Waals surface area contributed by atoms with Gasteiger partial charge in [-0.15, -0.1) is 0 Å². The molecular formula is C26H19NO3. The molecule has 0 aromatic heterocycles. The molecule has 4 rings (SSSR count). The third kappa shape index (κ3) is 4.33. The van der Waals surface area contributed by atoms with Crippen LogP contribution in [0.3, 0.4) is 0 Å². The zero-order chi connectivity index (χ0) is 20.8. The summed E-state index contributed by atoms with van der Waals surface area (Å²) in [5.41, 5.74) is 2.81. The number of esters is 2. The van der Waals surface area contributed by atoms with Crippen molar-refractivity contribution in [2.45, 2.75) is 0 Å². The minimum atomic E-state index is -0.697. The van der Waals surface area contributed by atoms with E-state index in [0.29, 0.717) is 11.3 Å². The van der Waals surface area contributed by atoms with E-state index in [-0.39, 0.29) is 6.54 Å². The standard InChI is InChI=1S/C26H19NO3/c28-24(30-26(29)21-13-5-2-6-14-21)18-27-25(20-11-3-1-4-12-20)23-17-9-15-19-10-7-8-16-22(19)23/h1-17H,18H2. The molecule has 0 unspecified atom stereocenters. The first-order chi connectivity index (χ1) is 14.7. The second kappa shape index (κ2) is 8.97. The fourth-order valence-corrected chi connectivity index (χ4v) is 3.27. The number of nitrogens with zero attached hydrogens (tertiary/aromatic N) is 1. The van der Waals surface area contributed by atoms with Gasteiger partial charge in [-0.05, 0) is 22.9 Å². The van der Waals surface area contributed by atoms with Crippen LogP contribution in [0.1, 0.15) is 21.5 Å². The lowest BCUT2D eigenvalue weighted by molar-refractivity contribution is -0.136. The Morgan fingerprint density at radius 2 is 1.27 bits per heavy atom. The molecule has 0 saturated carbocycles. The van der Waals surface area contributed by atoms with Crippen LogP contribution in [0.15, 0.2) is 108 Å². The highest BCUT2D eigenvalue weighted by atomic mass is 16.6. The van der Waals surface area contributed by atoms with Gasteiger partial charge in [0.2, 0.25) is 0 Å². The van der Waals surface area contributed by atoms with E-state index in [4.69, 9.17) is 4.74 Å². The molecule has 0 heterocycles. The van der Waals surface area contributed by atoms with Gasteiger partial charge >= 0.3 is 11.9 Å². The molecule has 0 spiro atoms. The highest BCUT2D eigenvalue weighted by Gasteiger charge is 2.15. The summed E-state index contributed by atoms with van der Waals surface area (Å²) in [5.74, 6) is -1.38. The highest BCUT2D eigenvalue weighted by molar-refractivity contribution is 6.19. The van der Waals surface area contributed by atoms with Gasteiger partial charge in [0.05, 0.1) is 11.3 Å². The van der Waals surface area contributed by atoms with Crippen molar-refractivity contribution in [3.8, 4) is 0 Å². The number of aliphatic imine (C=N–C) groups is 1. The summed E-state index contributed by atoms with van der Waals surface area (Å²) in [7, 11) is 0. The predicted octanol–water partition coefficient (Wildman–Crippen LogP) is 5.06. The second-order valence-corrected chi connectivity index (χ2v) is 6.69. The zero-order valence-corrected chi connectivity index (χ0v) is 16.2. The van der Waals surface area contributed by atoms with Crippen LogP contribution in [-0.2, 0) is 9.53 Å². The molecular weight excluding hydrogens is 374 g/mol. The Labute approximate surface area is 174 Å². The van der Waals surface area contributed by atoms with Crippen LogP contribution in [0.4, 0.5) is 0 Å². The molecule has 0 aliphatic heterocycles. The molecule has 0 fully saturated rings. The van der Waals surface area contributed by atoms with E-state index >= 15 is 0 Å². The van der Waals surface area contributed by atoms with Gasteiger partial charge in [-0.25, -0.2) is 9.59 Å². The summed E-state index contributed by atoms with van der Waals surface area (Å²) in [5, 5.41) is 2.12. The predicted molar refractivity (Wildman–Crippen MR) is 118 cm³/mol. The zero-order valence-electron chi connectivity index (χ0n) is 16.2. The molecule has 30 heavy (non-hydrogen) atoms. The summed E-state index contributed by atoms with van der Waals surface area (Å²) in [6, 6.07) is 32.1. The van der Waals surface area contributed by atoms with E-state index < -0.39 is 11.9 Å². The number of hydrogen-bond donors (Lipinski definition) is 0. The first kappa shape index (κ1) is 19.3. The van der Waals surface area contributed by atoms with Gasteiger partial charge in [0, 0.05) is 11.1 Å². The van der Waals surface area contributed by atoms with E-state index in [9.17, 15) is 9.59 Å². The van der Waals surface area contributed by atoms with Crippen molar-refractivity contribution in [1.82, 2.24) is 0 Å². The summed E-state index contributed by atoms with van der Waals surface area (Å²) in [6.07, 6.45) is 0.